The Kier molecular flexibility index (Phi) is 15.6. The SMILES string of the molecule is Br.[CH2]CCCP. The smallest absolute Gasteiger partial charge is 0.0381 e. The van der Waals surface area contributed by atoms with E-state index in [1.165, 1.54) is 12.6 Å². The summed E-state index contributed by atoms with van der Waals surface area (Å²) < 4.78 is 0. The van der Waals surface area contributed by atoms with Gasteiger partial charge in [0.05, 0.1) is 0 Å². The van der Waals surface area contributed by atoms with Crippen molar-refractivity contribution in [3.8, 4) is 0 Å². The first kappa shape index (κ1) is 10.0. The minimum absolute atomic E-state index is 0. The molecule has 0 amide bonds. The second-order valence-corrected chi connectivity index (χ2v) is 1.57. The van der Waals surface area contributed by atoms with Crippen LogP contribution in [-0.2, 0) is 0 Å². The van der Waals surface area contributed by atoms with Crippen LogP contribution in [0.15, 0.2) is 0 Å². The quantitative estimate of drug-likeness (QED) is 0.556. The lowest BCUT2D eigenvalue weighted by molar-refractivity contribution is 0.970. The molecule has 2 heteroatoms. The maximum Gasteiger partial charge on any atom is -0.0381 e. The van der Waals surface area contributed by atoms with Gasteiger partial charge in [0.25, 0.3) is 0 Å². The minimum Gasteiger partial charge on any atom is -0.138 e. The largest absolute Gasteiger partial charge is 0.138 e. The zero-order valence-corrected chi connectivity index (χ0v) is 6.68. The third-order valence-corrected chi connectivity index (χ3v) is 0.862. The van der Waals surface area contributed by atoms with E-state index in [1.807, 2.05) is 0 Å². The van der Waals surface area contributed by atoms with Gasteiger partial charge in [0, 0.05) is 0 Å². The molecule has 1 unspecified atom stereocenters. The molecule has 39 valence electrons. The van der Waals surface area contributed by atoms with E-state index >= 15 is 0 Å². The van der Waals surface area contributed by atoms with Gasteiger partial charge in [-0.2, -0.15) is 0 Å². The first-order valence-electron chi connectivity index (χ1n) is 1.91. The molecule has 0 aromatic heterocycles. The zero-order valence-electron chi connectivity index (χ0n) is 3.81. The highest BCUT2D eigenvalue weighted by Gasteiger charge is 1.68. The summed E-state index contributed by atoms with van der Waals surface area (Å²) in [5.41, 5.74) is 0. The fourth-order valence-corrected chi connectivity index (χ4v) is 0.433. The van der Waals surface area contributed by atoms with Crippen molar-refractivity contribution in [2.24, 2.45) is 0 Å². The maximum atomic E-state index is 3.66. The summed E-state index contributed by atoms with van der Waals surface area (Å²) in [5.74, 6) is 0. The fourth-order valence-electron chi connectivity index (χ4n) is 0.144. The normalized spacial score (nSPS) is 7.00. The Morgan fingerprint density at radius 1 is 1.50 bits per heavy atom. The molecule has 0 saturated heterocycles. The van der Waals surface area contributed by atoms with Gasteiger partial charge in [-0.25, -0.2) is 0 Å². The number of rotatable bonds is 2. The van der Waals surface area contributed by atoms with Gasteiger partial charge in [0.1, 0.15) is 0 Å². The third kappa shape index (κ3) is 8.86. The average Bonchev–Trinajstić information content (AvgIpc) is 1.41. The van der Waals surface area contributed by atoms with E-state index < -0.39 is 0 Å². The summed E-state index contributed by atoms with van der Waals surface area (Å²) in [7, 11) is 2.66. The minimum atomic E-state index is 0. The van der Waals surface area contributed by atoms with Crippen LogP contribution in [0.4, 0.5) is 0 Å². The van der Waals surface area contributed by atoms with E-state index in [9.17, 15) is 0 Å². The molecule has 0 aliphatic rings. The van der Waals surface area contributed by atoms with E-state index in [1.54, 1.807) is 0 Å². The topological polar surface area (TPSA) is 0 Å². The van der Waals surface area contributed by atoms with Crippen molar-refractivity contribution in [1.29, 1.82) is 0 Å². The monoisotopic (exact) mass is 169 g/mol. The van der Waals surface area contributed by atoms with Gasteiger partial charge in [-0.15, -0.1) is 26.2 Å². The first-order chi connectivity index (χ1) is 2.41. The van der Waals surface area contributed by atoms with Gasteiger partial charge in [0.2, 0.25) is 0 Å². The lowest BCUT2D eigenvalue weighted by Gasteiger charge is -1.79. The van der Waals surface area contributed by atoms with Crippen LogP contribution in [0.5, 0.6) is 0 Å². The van der Waals surface area contributed by atoms with Crippen molar-refractivity contribution in [3.63, 3.8) is 0 Å². The number of unbranched alkanes of at least 4 members (excludes halogenated alkanes) is 1. The van der Waals surface area contributed by atoms with E-state index in [-0.39, 0.29) is 17.0 Å². The molecule has 0 aromatic rings. The second kappa shape index (κ2) is 9.32. The zero-order chi connectivity index (χ0) is 4.12. The number of hydrogen-bond donors (Lipinski definition) is 0. The van der Waals surface area contributed by atoms with Gasteiger partial charge in [-0.05, 0) is 12.6 Å². The van der Waals surface area contributed by atoms with Crippen molar-refractivity contribution < 1.29 is 0 Å². The van der Waals surface area contributed by atoms with Gasteiger partial charge >= 0.3 is 0 Å². The van der Waals surface area contributed by atoms with E-state index in [2.05, 4.69) is 16.2 Å². The molecule has 6 heavy (non-hydrogen) atoms. The Morgan fingerprint density at radius 3 is 2.00 bits per heavy atom. The Hall–Kier alpha value is 0.910. The molecule has 0 heterocycles. The maximum absolute atomic E-state index is 3.66. The van der Waals surface area contributed by atoms with Crippen molar-refractivity contribution in [3.05, 3.63) is 6.92 Å². The Labute approximate surface area is 52.7 Å². The van der Waals surface area contributed by atoms with E-state index in [0.717, 1.165) is 6.42 Å². The molecule has 0 nitrogen and oxygen atoms in total. The van der Waals surface area contributed by atoms with E-state index in [0.29, 0.717) is 0 Å². The molecule has 1 atom stereocenters. The molecule has 0 aliphatic carbocycles. The summed E-state index contributed by atoms with van der Waals surface area (Å²) in [6, 6.07) is 0. The lowest BCUT2D eigenvalue weighted by atomic mass is 10.4. The summed E-state index contributed by atoms with van der Waals surface area (Å²) in [5, 5.41) is 0. The Bertz CT molecular complexity index is 15.0. The Morgan fingerprint density at radius 2 is 2.00 bits per heavy atom. The molecular weight excluding hydrogens is 159 g/mol. The molecule has 0 rings (SSSR count). The van der Waals surface area contributed by atoms with Gasteiger partial charge in [-0.3, -0.25) is 0 Å². The molecular formula is C4H11BrP. The second-order valence-electron chi connectivity index (χ2n) is 0.996. The van der Waals surface area contributed by atoms with Crippen molar-refractivity contribution >= 4 is 26.2 Å². The molecule has 0 bridgehead atoms. The predicted molar refractivity (Wildman–Crippen MR) is 39.5 cm³/mol. The van der Waals surface area contributed by atoms with Crippen molar-refractivity contribution in [1.82, 2.24) is 0 Å². The summed E-state index contributed by atoms with van der Waals surface area (Å²) in [6.45, 7) is 3.66. The predicted octanol–water partition coefficient (Wildman–Crippen LogP) is 2.05. The summed E-state index contributed by atoms with van der Waals surface area (Å²) in [4.78, 5) is 0. The summed E-state index contributed by atoms with van der Waals surface area (Å²) >= 11 is 0. The Balaban J connectivity index is 0. The third-order valence-electron chi connectivity index (χ3n) is 0.454. The van der Waals surface area contributed by atoms with Crippen LogP contribution in [0.3, 0.4) is 0 Å². The van der Waals surface area contributed by atoms with Crippen LogP contribution >= 0.6 is 26.2 Å². The number of halogens is 1. The van der Waals surface area contributed by atoms with Gasteiger partial charge in [-0.1, -0.05) is 13.3 Å². The van der Waals surface area contributed by atoms with Crippen LogP contribution < -0.4 is 0 Å². The number of hydrogen-bond acceptors (Lipinski definition) is 0. The molecule has 0 aromatic carbocycles. The molecule has 0 fully saturated rings. The first-order valence-corrected chi connectivity index (χ1v) is 2.72. The average molecular weight is 170 g/mol. The van der Waals surface area contributed by atoms with Crippen LogP contribution in [-0.4, -0.2) is 6.16 Å². The van der Waals surface area contributed by atoms with Gasteiger partial charge in [0.15, 0.2) is 0 Å². The highest BCUT2D eigenvalue weighted by Crippen LogP contribution is 1.89. The van der Waals surface area contributed by atoms with E-state index in [4.69, 9.17) is 0 Å². The highest BCUT2D eigenvalue weighted by atomic mass is 79.9. The van der Waals surface area contributed by atoms with Crippen LogP contribution in [0.1, 0.15) is 12.8 Å². The summed E-state index contributed by atoms with van der Waals surface area (Å²) in [6.07, 6.45) is 3.51. The van der Waals surface area contributed by atoms with Crippen LogP contribution in [0, 0.1) is 6.92 Å². The standard InChI is InChI=1S/C4H10P.BrH/c1-2-3-4-5;/h1-5H2;1H. The van der Waals surface area contributed by atoms with Gasteiger partial charge < -0.3 is 0 Å². The molecule has 0 saturated carbocycles. The molecule has 0 N–H and O–H groups in total. The van der Waals surface area contributed by atoms with Crippen molar-refractivity contribution in [2.45, 2.75) is 12.8 Å². The lowest BCUT2D eigenvalue weighted by Crippen LogP contribution is -1.64. The van der Waals surface area contributed by atoms with Crippen LogP contribution in [0.25, 0.3) is 0 Å². The molecule has 1 radical (unpaired) electrons. The fraction of sp³-hybridized carbons (Fsp3) is 0.750. The van der Waals surface area contributed by atoms with Crippen molar-refractivity contribution in [2.75, 3.05) is 6.16 Å². The molecule has 0 aliphatic heterocycles. The molecule has 0 spiro atoms. The highest BCUT2D eigenvalue weighted by molar-refractivity contribution is 8.93. The van der Waals surface area contributed by atoms with Crippen LogP contribution in [0.2, 0.25) is 0 Å².